The molecule has 1 atom stereocenters. The first-order valence-electron chi connectivity index (χ1n) is 6.73. The van der Waals surface area contributed by atoms with Crippen LogP contribution >= 0.6 is 0 Å². The van der Waals surface area contributed by atoms with Crippen molar-refractivity contribution in [3.63, 3.8) is 0 Å². The maximum atomic E-state index is 11.7. The van der Waals surface area contributed by atoms with Crippen LogP contribution in [0.4, 0.5) is 5.82 Å². The molecule has 1 aliphatic carbocycles. The van der Waals surface area contributed by atoms with Crippen LogP contribution in [0.15, 0.2) is 35.4 Å². The van der Waals surface area contributed by atoms with E-state index in [2.05, 4.69) is 39.6 Å². The molecule has 104 valence electrons. The minimum Gasteiger partial charge on any atom is -0.489 e. The van der Waals surface area contributed by atoms with Gasteiger partial charge in [0.05, 0.1) is 13.4 Å². The summed E-state index contributed by atoms with van der Waals surface area (Å²) in [6.07, 6.45) is 4.39. The van der Waals surface area contributed by atoms with Crippen molar-refractivity contribution in [2.24, 2.45) is 0 Å². The van der Waals surface area contributed by atoms with Gasteiger partial charge in [-0.15, -0.1) is 0 Å². The van der Waals surface area contributed by atoms with Gasteiger partial charge < -0.3 is 15.0 Å². The van der Waals surface area contributed by atoms with E-state index >= 15 is 0 Å². The second-order valence-corrected chi connectivity index (χ2v) is 4.97. The zero-order valence-electron chi connectivity index (χ0n) is 11.3. The molecule has 0 spiro atoms. The van der Waals surface area contributed by atoms with Gasteiger partial charge in [0.15, 0.2) is 5.82 Å². The highest BCUT2D eigenvalue weighted by Gasteiger charge is 2.20. The minimum absolute atomic E-state index is 0.242. The average molecular weight is 271 g/mol. The average Bonchev–Trinajstić information content (AvgIpc) is 2.47. The summed E-state index contributed by atoms with van der Waals surface area (Å²) in [6, 6.07) is 8.75. The molecule has 2 N–H and O–H groups in total. The Balaban J connectivity index is 1.80. The van der Waals surface area contributed by atoms with Crippen LogP contribution < -0.4 is 15.6 Å². The van der Waals surface area contributed by atoms with Crippen LogP contribution in [0, 0.1) is 0 Å². The summed E-state index contributed by atoms with van der Waals surface area (Å²) in [5.74, 6) is 0.756. The summed E-state index contributed by atoms with van der Waals surface area (Å²) >= 11 is 0. The fourth-order valence-electron chi connectivity index (χ4n) is 2.69. The van der Waals surface area contributed by atoms with E-state index in [0.29, 0.717) is 5.82 Å². The van der Waals surface area contributed by atoms with E-state index in [1.807, 2.05) is 0 Å². The number of aromatic nitrogens is 2. The van der Waals surface area contributed by atoms with Crippen LogP contribution in [-0.4, -0.2) is 23.1 Å². The van der Waals surface area contributed by atoms with Crippen molar-refractivity contribution in [2.45, 2.75) is 25.3 Å². The Morgan fingerprint density at radius 3 is 2.95 bits per heavy atom. The Morgan fingerprint density at radius 2 is 2.15 bits per heavy atom. The van der Waals surface area contributed by atoms with Crippen molar-refractivity contribution in [2.75, 3.05) is 12.4 Å². The van der Waals surface area contributed by atoms with E-state index in [0.717, 1.165) is 19.3 Å². The summed E-state index contributed by atoms with van der Waals surface area (Å²) < 4.78 is 5.12. The number of hydrogen-bond acceptors (Lipinski definition) is 4. The summed E-state index contributed by atoms with van der Waals surface area (Å²) in [4.78, 5) is 18.3. The van der Waals surface area contributed by atoms with E-state index in [4.69, 9.17) is 4.74 Å². The first-order valence-corrected chi connectivity index (χ1v) is 6.73. The molecule has 1 aromatic heterocycles. The molecular weight excluding hydrogens is 254 g/mol. The fourth-order valence-corrected chi connectivity index (χ4v) is 2.69. The molecular formula is C15H17N3O2. The van der Waals surface area contributed by atoms with Crippen molar-refractivity contribution in [1.29, 1.82) is 0 Å². The standard InChI is InChI=1S/C15H17N3O2/c1-20-13-14(16-9-17-15(13)19)18-12-7-6-10-4-2-3-5-11(10)8-12/h2-5,9,12H,6-8H2,1H3,(H2,16,17,18,19). The second-order valence-electron chi connectivity index (χ2n) is 4.97. The molecule has 0 saturated heterocycles. The van der Waals surface area contributed by atoms with Crippen molar-refractivity contribution in [3.8, 4) is 5.75 Å². The molecule has 0 aliphatic heterocycles. The molecule has 1 aromatic carbocycles. The van der Waals surface area contributed by atoms with Crippen LogP contribution in [-0.2, 0) is 12.8 Å². The normalized spacial score (nSPS) is 17.4. The van der Waals surface area contributed by atoms with Crippen molar-refractivity contribution < 1.29 is 4.74 Å². The number of nitrogens with one attached hydrogen (secondary N) is 2. The number of rotatable bonds is 3. The Labute approximate surface area is 117 Å². The highest BCUT2D eigenvalue weighted by Crippen LogP contribution is 2.25. The molecule has 0 amide bonds. The predicted octanol–water partition coefficient (Wildman–Crippen LogP) is 1.75. The van der Waals surface area contributed by atoms with E-state index in [1.54, 1.807) is 0 Å². The van der Waals surface area contributed by atoms with E-state index in [9.17, 15) is 4.79 Å². The Bertz CT molecular complexity index is 666. The minimum atomic E-state index is -0.263. The fraction of sp³-hybridized carbons (Fsp3) is 0.333. The van der Waals surface area contributed by atoms with Gasteiger partial charge in [0.25, 0.3) is 5.56 Å². The maximum absolute atomic E-state index is 11.7. The Morgan fingerprint density at radius 1 is 1.35 bits per heavy atom. The zero-order valence-corrected chi connectivity index (χ0v) is 11.3. The van der Waals surface area contributed by atoms with Crippen molar-refractivity contribution in [3.05, 3.63) is 52.1 Å². The van der Waals surface area contributed by atoms with E-state index in [-0.39, 0.29) is 17.4 Å². The largest absolute Gasteiger partial charge is 0.489 e. The Hall–Kier alpha value is -2.30. The molecule has 0 saturated carbocycles. The van der Waals surface area contributed by atoms with Gasteiger partial charge in [0.2, 0.25) is 5.75 Å². The molecule has 0 radical (unpaired) electrons. The molecule has 0 bridgehead atoms. The topological polar surface area (TPSA) is 67.0 Å². The lowest BCUT2D eigenvalue weighted by Crippen LogP contribution is -2.29. The third kappa shape index (κ3) is 2.39. The molecule has 1 unspecified atom stereocenters. The van der Waals surface area contributed by atoms with E-state index < -0.39 is 0 Å². The van der Waals surface area contributed by atoms with Gasteiger partial charge in [-0.25, -0.2) is 4.98 Å². The number of aromatic amines is 1. The first kappa shape index (κ1) is 12.7. The van der Waals surface area contributed by atoms with Crippen LogP contribution in [0.25, 0.3) is 0 Å². The molecule has 20 heavy (non-hydrogen) atoms. The smallest absolute Gasteiger partial charge is 0.295 e. The van der Waals surface area contributed by atoms with Gasteiger partial charge in [-0.1, -0.05) is 24.3 Å². The SMILES string of the molecule is COc1c(NC2CCc3ccccc3C2)nc[nH]c1=O. The van der Waals surface area contributed by atoms with Gasteiger partial charge in [-0.3, -0.25) is 4.79 Å². The third-order valence-corrected chi connectivity index (χ3v) is 3.70. The summed E-state index contributed by atoms with van der Waals surface area (Å²) in [5.41, 5.74) is 2.51. The number of ether oxygens (including phenoxy) is 1. The number of methoxy groups -OCH3 is 1. The van der Waals surface area contributed by atoms with Crippen LogP contribution in [0.5, 0.6) is 5.75 Å². The number of nitrogens with zero attached hydrogens (tertiary/aromatic N) is 1. The van der Waals surface area contributed by atoms with Crippen LogP contribution in [0.1, 0.15) is 17.5 Å². The van der Waals surface area contributed by atoms with Gasteiger partial charge in [0.1, 0.15) is 0 Å². The number of aryl methyl sites for hydroxylation is 1. The van der Waals surface area contributed by atoms with Crippen LogP contribution in [0.2, 0.25) is 0 Å². The molecule has 3 rings (SSSR count). The number of anilines is 1. The van der Waals surface area contributed by atoms with Gasteiger partial charge in [-0.05, 0) is 30.4 Å². The zero-order chi connectivity index (χ0) is 13.9. The van der Waals surface area contributed by atoms with Crippen molar-refractivity contribution >= 4 is 5.82 Å². The van der Waals surface area contributed by atoms with Crippen LogP contribution in [0.3, 0.4) is 0 Å². The molecule has 1 heterocycles. The quantitative estimate of drug-likeness (QED) is 0.892. The lowest BCUT2D eigenvalue weighted by Gasteiger charge is -2.26. The maximum Gasteiger partial charge on any atom is 0.295 e. The monoisotopic (exact) mass is 271 g/mol. The van der Waals surface area contributed by atoms with Gasteiger partial charge >= 0.3 is 0 Å². The number of H-pyrrole nitrogens is 1. The lowest BCUT2D eigenvalue weighted by atomic mass is 9.88. The predicted molar refractivity (Wildman–Crippen MR) is 77.3 cm³/mol. The molecule has 0 fully saturated rings. The molecule has 5 nitrogen and oxygen atoms in total. The highest BCUT2D eigenvalue weighted by molar-refractivity contribution is 5.49. The number of fused-ring (bicyclic) bond motifs is 1. The lowest BCUT2D eigenvalue weighted by molar-refractivity contribution is 0.407. The summed E-state index contributed by atoms with van der Waals surface area (Å²) in [5, 5.41) is 3.33. The summed E-state index contributed by atoms with van der Waals surface area (Å²) in [6.45, 7) is 0. The van der Waals surface area contributed by atoms with Gasteiger partial charge in [-0.2, -0.15) is 0 Å². The first-order chi connectivity index (χ1) is 9.78. The highest BCUT2D eigenvalue weighted by atomic mass is 16.5. The third-order valence-electron chi connectivity index (χ3n) is 3.70. The second kappa shape index (κ2) is 5.36. The van der Waals surface area contributed by atoms with Gasteiger partial charge in [0, 0.05) is 6.04 Å². The molecule has 5 heteroatoms. The summed E-state index contributed by atoms with van der Waals surface area (Å²) in [7, 11) is 1.48. The number of benzene rings is 1. The number of hydrogen-bond donors (Lipinski definition) is 2. The van der Waals surface area contributed by atoms with E-state index in [1.165, 1.54) is 24.6 Å². The van der Waals surface area contributed by atoms with Crippen molar-refractivity contribution in [1.82, 2.24) is 9.97 Å². The Kier molecular flexibility index (Phi) is 3.41. The molecule has 1 aliphatic rings. The molecule has 2 aromatic rings.